The summed E-state index contributed by atoms with van der Waals surface area (Å²) >= 11 is 0. The number of hydrogen-bond donors (Lipinski definition) is 1. The Bertz CT molecular complexity index is 884. The van der Waals surface area contributed by atoms with Gasteiger partial charge in [-0.25, -0.2) is 4.79 Å². The van der Waals surface area contributed by atoms with Gasteiger partial charge in [0.1, 0.15) is 0 Å². The Labute approximate surface area is 153 Å². The van der Waals surface area contributed by atoms with Crippen LogP contribution in [0.15, 0.2) is 6.07 Å². The minimum atomic E-state index is -0.522. The van der Waals surface area contributed by atoms with Crippen LogP contribution >= 0.6 is 0 Å². The van der Waals surface area contributed by atoms with Gasteiger partial charge in [0.25, 0.3) is 0 Å². The summed E-state index contributed by atoms with van der Waals surface area (Å²) < 4.78 is 7.28. The van der Waals surface area contributed by atoms with E-state index in [0.717, 1.165) is 11.4 Å². The van der Waals surface area contributed by atoms with Crippen molar-refractivity contribution in [3.8, 4) is 0 Å². The lowest BCUT2D eigenvalue weighted by atomic mass is 10.1. The third kappa shape index (κ3) is 3.49. The summed E-state index contributed by atoms with van der Waals surface area (Å²) in [6, 6.07) is 2.01. The first kappa shape index (κ1) is 19.7. The van der Waals surface area contributed by atoms with E-state index < -0.39 is 5.97 Å². The molecule has 0 aromatic carbocycles. The zero-order chi connectivity index (χ0) is 19.8. The summed E-state index contributed by atoms with van der Waals surface area (Å²) in [5.41, 5.74) is 4.32. The number of aromatic amines is 1. The Kier molecular flexibility index (Phi) is 5.54. The van der Waals surface area contributed by atoms with E-state index in [1.165, 1.54) is 6.92 Å². The molecular formula is C20H26N2O4. The predicted molar refractivity (Wildman–Crippen MR) is 99.2 cm³/mol. The Hall–Kier alpha value is -2.63. The molecule has 0 fully saturated rings. The first-order valence-corrected chi connectivity index (χ1v) is 8.65. The number of nitrogens with zero attached hydrogens (tertiary/aromatic N) is 1. The molecule has 0 saturated carbocycles. The Morgan fingerprint density at radius 2 is 1.77 bits per heavy atom. The lowest BCUT2D eigenvalue weighted by molar-refractivity contribution is 0.0472. The molecule has 6 heteroatoms. The van der Waals surface area contributed by atoms with Crippen molar-refractivity contribution >= 4 is 17.5 Å². The van der Waals surface area contributed by atoms with Crippen molar-refractivity contribution in [3.63, 3.8) is 0 Å². The summed E-state index contributed by atoms with van der Waals surface area (Å²) in [4.78, 5) is 39.4. The van der Waals surface area contributed by atoms with Crippen LogP contribution in [0.4, 0.5) is 0 Å². The molecule has 0 bridgehead atoms. The van der Waals surface area contributed by atoms with Crippen LogP contribution in [0, 0.1) is 27.7 Å². The SMILES string of the molecule is CC(=O)c1c(C)[nH]c(C(=O)COC(=O)c2cc(C)n(C(C)C)c2C)c1C. The minimum absolute atomic E-state index is 0.103. The quantitative estimate of drug-likeness (QED) is 0.628. The van der Waals surface area contributed by atoms with Gasteiger partial charge in [-0.3, -0.25) is 9.59 Å². The van der Waals surface area contributed by atoms with Crippen molar-refractivity contribution in [2.24, 2.45) is 0 Å². The van der Waals surface area contributed by atoms with Crippen LogP contribution in [0.1, 0.15) is 80.7 Å². The van der Waals surface area contributed by atoms with E-state index in [1.54, 1.807) is 19.9 Å². The molecule has 0 aliphatic carbocycles. The predicted octanol–water partition coefficient (Wildman–Crippen LogP) is 3.87. The van der Waals surface area contributed by atoms with Gasteiger partial charge in [-0.2, -0.15) is 0 Å². The van der Waals surface area contributed by atoms with Gasteiger partial charge >= 0.3 is 5.97 Å². The standard InChI is InChI=1S/C20H26N2O4/c1-10(2)22-11(3)8-16(14(22)6)20(25)26-9-17(24)19-12(4)18(15(7)23)13(5)21-19/h8,10,21H,9H2,1-7H3. The van der Waals surface area contributed by atoms with Crippen LogP contribution in [-0.4, -0.2) is 33.7 Å². The van der Waals surface area contributed by atoms with E-state index in [1.807, 2.05) is 27.7 Å². The second kappa shape index (κ2) is 7.32. The lowest BCUT2D eigenvalue weighted by Crippen LogP contribution is -2.16. The minimum Gasteiger partial charge on any atom is -0.454 e. The van der Waals surface area contributed by atoms with Gasteiger partial charge in [-0.05, 0) is 60.1 Å². The number of aryl methyl sites for hydroxylation is 2. The zero-order valence-electron chi connectivity index (χ0n) is 16.4. The number of ketones is 2. The highest BCUT2D eigenvalue weighted by Crippen LogP contribution is 2.22. The largest absolute Gasteiger partial charge is 0.454 e. The molecule has 140 valence electrons. The molecular weight excluding hydrogens is 332 g/mol. The molecule has 0 amide bonds. The van der Waals surface area contributed by atoms with E-state index in [2.05, 4.69) is 9.55 Å². The number of esters is 1. The van der Waals surface area contributed by atoms with Crippen LogP contribution in [0.3, 0.4) is 0 Å². The Balaban J connectivity index is 2.16. The van der Waals surface area contributed by atoms with E-state index in [-0.39, 0.29) is 24.2 Å². The number of Topliss-reactive ketones (excluding diaryl/α,β-unsaturated/α-hetero) is 2. The molecule has 1 N–H and O–H groups in total. The fourth-order valence-corrected chi connectivity index (χ4v) is 3.62. The number of hydrogen-bond acceptors (Lipinski definition) is 4. The van der Waals surface area contributed by atoms with Gasteiger partial charge in [0, 0.05) is 28.7 Å². The fraction of sp³-hybridized carbons (Fsp3) is 0.450. The monoisotopic (exact) mass is 358 g/mol. The molecule has 0 aliphatic heterocycles. The van der Waals surface area contributed by atoms with Crippen LogP contribution < -0.4 is 0 Å². The maximum Gasteiger partial charge on any atom is 0.340 e. The third-order valence-electron chi connectivity index (χ3n) is 4.62. The molecule has 26 heavy (non-hydrogen) atoms. The summed E-state index contributed by atoms with van der Waals surface area (Å²) in [5.74, 6) is -0.983. The number of nitrogens with one attached hydrogen (secondary N) is 1. The maximum absolute atomic E-state index is 12.4. The Morgan fingerprint density at radius 1 is 1.15 bits per heavy atom. The van der Waals surface area contributed by atoms with E-state index in [4.69, 9.17) is 4.74 Å². The summed E-state index contributed by atoms with van der Waals surface area (Å²) in [5, 5.41) is 0. The molecule has 0 spiro atoms. The second-order valence-electron chi connectivity index (χ2n) is 6.93. The van der Waals surface area contributed by atoms with Gasteiger partial charge in [-0.15, -0.1) is 0 Å². The van der Waals surface area contributed by atoms with Crippen molar-refractivity contribution < 1.29 is 19.1 Å². The zero-order valence-corrected chi connectivity index (χ0v) is 16.4. The van der Waals surface area contributed by atoms with Crippen LogP contribution in [-0.2, 0) is 4.74 Å². The molecule has 2 aromatic heterocycles. The number of carbonyl (C=O) groups is 3. The molecule has 0 aliphatic rings. The molecule has 0 atom stereocenters. The smallest absolute Gasteiger partial charge is 0.340 e. The number of H-pyrrole nitrogens is 1. The van der Waals surface area contributed by atoms with Crippen molar-refractivity contribution in [2.75, 3.05) is 6.61 Å². The van der Waals surface area contributed by atoms with Crippen LogP contribution in [0.25, 0.3) is 0 Å². The van der Waals surface area contributed by atoms with Gasteiger partial charge in [0.05, 0.1) is 11.3 Å². The molecule has 0 radical (unpaired) electrons. The van der Waals surface area contributed by atoms with Crippen LogP contribution in [0.5, 0.6) is 0 Å². The second-order valence-corrected chi connectivity index (χ2v) is 6.93. The highest BCUT2D eigenvalue weighted by molar-refractivity contribution is 6.04. The first-order valence-electron chi connectivity index (χ1n) is 8.65. The number of ether oxygens (including phenoxy) is 1. The molecule has 0 saturated heterocycles. The molecule has 0 unspecified atom stereocenters. The van der Waals surface area contributed by atoms with Crippen LogP contribution in [0.2, 0.25) is 0 Å². The van der Waals surface area contributed by atoms with Gasteiger partial charge < -0.3 is 14.3 Å². The normalized spacial score (nSPS) is 11.1. The molecule has 6 nitrogen and oxygen atoms in total. The lowest BCUT2D eigenvalue weighted by Gasteiger charge is -2.13. The molecule has 2 rings (SSSR count). The topological polar surface area (TPSA) is 81.2 Å². The summed E-state index contributed by atoms with van der Waals surface area (Å²) in [7, 11) is 0. The van der Waals surface area contributed by atoms with Crippen molar-refractivity contribution in [3.05, 3.63) is 45.5 Å². The third-order valence-corrected chi connectivity index (χ3v) is 4.62. The average molecular weight is 358 g/mol. The van der Waals surface area contributed by atoms with E-state index in [9.17, 15) is 14.4 Å². The van der Waals surface area contributed by atoms with E-state index in [0.29, 0.717) is 28.1 Å². The highest BCUT2D eigenvalue weighted by Gasteiger charge is 2.23. The highest BCUT2D eigenvalue weighted by atomic mass is 16.5. The van der Waals surface area contributed by atoms with Crippen molar-refractivity contribution in [1.82, 2.24) is 9.55 Å². The summed E-state index contributed by atoms with van der Waals surface area (Å²) in [6.45, 7) is 12.4. The fourth-order valence-electron chi connectivity index (χ4n) is 3.62. The summed E-state index contributed by atoms with van der Waals surface area (Å²) in [6.07, 6.45) is 0. The number of carbonyl (C=O) groups excluding carboxylic acids is 3. The molecule has 2 heterocycles. The first-order chi connectivity index (χ1) is 12.1. The number of rotatable bonds is 6. The van der Waals surface area contributed by atoms with Gasteiger partial charge in [0.2, 0.25) is 5.78 Å². The average Bonchev–Trinajstić information content (AvgIpc) is 3.00. The van der Waals surface area contributed by atoms with Gasteiger partial charge in [-0.1, -0.05) is 0 Å². The van der Waals surface area contributed by atoms with Gasteiger partial charge in [0.15, 0.2) is 12.4 Å². The molecule has 2 aromatic rings. The van der Waals surface area contributed by atoms with E-state index >= 15 is 0 Å². The van der Waals surface area contributed by atoms with Crippen molar-refractivity contribution in [2.45, 2.75) is 54.5 Å². The Morgan fingerprint density at radius 3 is 2.23 bits per heavy atom. The van der Waals surface area contributed by atoms with Crippen molar-refractivity contribution in [1.29, 1.82) is 0 Å². The maximum atomic E-state index is 12.4. The number of aromatic nitrogens is 2.